The number of nitrogens with zero attached hydrogens (tertiary/aromatic N) is 3. The lowest BCUT2D eigenvalue weighted by molar-refractivity contribution is -0.117. The fourth-order valence-electron chi connectivity index (χ4n) is 3.35. The van der Waals surface area contributed by atoms with Crippen LogP contribution in [-0.4, -0.2) is 35.3 Å². The maximum atomic E-state index is 12.8. The molecule has 0 spiro atoms. The van der Waals surface area contributed by atoms with Crippen LogP contribution in [0.5, 0.6) is 5.75 Å². The third-order valence-corrected chi connectivity index (χ3v) is 5.76. The van der Waals surface area contributed by atoms with Crippen LogP contribution in [0.15, 0.2) is 87.9 Å². The summed E-state index contributed by atoms with van der Waals surface area (Å²) in [5.41, 5.74) is 3.34. The third-order valence-electron chi connectivity index (χ3n) is 4.82. The Labute approximate surface area is 185 Å². The largest absolute Gasteiger partial charge is 0.497 e. The predicted molar refractivity (Wildman–Crippen MR) is 125 cm³/mol. The molecular formula is C24H22N4O2S. The van der Waals surface area contributed by atoms with E-state index in [9.17, 15) is 4.79 Å². The van der Waals surface area contributed by atoms with Crippen LogP contribution in [0.25, 0.3) is 0 Å². The molecule has 0 aliphatic carbocycles. The number of fused-ring (bicyclic) bond motifs is 1. The van der Waals surface area contributed by atoms with Gasteiger partial charge in [0, 0.05) is 11.9 Å². The molecule has 2 heterocycles. The van der Waals surface area contributed by atoms with Crippen molar-refractivity contribution in [2.45, 2.75) is 17.9 Å². The second-order valence-electron chi connectivity index (χ2n) is 6.95. The molecule has 1 amide bonds. The Morgan fingerprint density at radius 1 is 1.00 bits per heavy atom. The Balaban J connectivity index is 1.64. The minimum absolute atomic E-state index is 0.139. The summed E-state index contributed by atoms with van der Waals surface area (Å²) in [5.74, 6) is 1.15. The van der Waals surface area contributed by atoms with Crippen molar-refractivity contribution in [3.05, 3.63) is 78.5 Å². The maximum Gasteiger partial charge on any atom is 0.235 e. The van der Waals surface area contributed by atoms with Crippen LogP contribution in [0.1, 0.15) is 18.4 Å². The highest BCUT2D eigenvalue weighted by Crippen LogP contribution is 2.34. The van der Waals surface area contributed by atoms with Gasteiger partial charge in [-0.1, -0.05) is 42.1 Å². The summed E-state index contributed by atoms with van der Waals surface area (Å²) >= 11 is 1.39. The van der Waals surface area contributed by atoms with E-state index in [1.165, 1.54) is 11.8 Å². The molecule has 0 saturated heterocycles. The number of rotatable bonds is 5. The smallest absolute Gasteiger partial charge is 0.235 e. The number of benzene rings is 2. The van der Waals surface area contributed by atoms with Crippen LogP contribution in [0, 0.1) is 0 Å². The zero-order valence-electron chi connectivity index (χ0n) is 17.3. The molecule has 3 aromatic rings. The van der Waals surface area contributed by atoms with Crippen LogP contribution in [0.2, 0.25) is 0 Å². The van der Waals surface area contributed by atoms with Crippen LogP contribution < -0.4 is 10.1 Å². The molecule has 0 fully saturated rings. The summed E-state index contributed by atoms with van der Waals surface area (Å²) < 4.78 is 5.29. The number of amidine groups is 1. The average Bonchev–Trinajstić information content (AvgIpc) is 2.93. The van der Waals surface area contributed by atoms with E-state index >= 15 is 0 Å². The standard InChI is InChI=1S/C24H22N4O2S/c1-16-23(17-10-12-18(30-2)13-11-17)24(27-20-8-4-3-7-19(20)26-16)28-21(29)15-31-22-9-5-6-14-25-22/h3-14,23H,15H2,1-2H3,(H,27,28,29)/t23-/m0/s1. The number of hydrogen-bond donors (Lipinski definition) is 1. The first-order valence-electron chi connectivity index (χ1n) is 9.84. The summed E-state index contributed by atoms with van der Waals surface area (Å²) in [6, 6.07) is 21.1. The quantitative estimate of drug-likeness (QED) is 0.583. The van der Waals surface area contributed by atoms with Gasteiger partial charge < -0.3 is 10.1 Å². The third kappa shape index (κ3) is 5.00. The Bertz CT molecular complexity index is 1130. The second kappa shape index (κ2) is 9.57. The monoisotopic (exact) mass is 430 g/mol. The number of ether oxygens (including phenoxy) is 1. The molecule has 1 aliphatic heterocycles. The van der Waals surface area contributed by atoms with Gasteiger partial charge in [0.15, 0.2) is 0 Å². The number of thioether (sulfide) groups is 1. The van der Waals surface area contributed by atoms with Gasteiger partial charge in [-0.15, -0.1) is 0 Å². The Hall–Kier alpha value is -3.45. The van der Waals surface area contributed by atoms with Crippen molar-refractivity contribution in [2.24, 2.45) is 9.98 Å². The number of amides is 1. The lowest BCUT2D eigenvalue weighted by atomic mass is 9.93. The van der Waals surface area contributed by atoms with Gasteiger partial charge in [0.05, 0.1) is 35.2 Å². The van der Waals surface area contributed by atoms with Gasteiger partial charge in [0.1, 0.15) is 11.6 Å². The number of pyridine rings is 1. The number of nitrogens with one attached hydrogen (secondary N) is 1. The number of carbonyl (C=O) groups is 1. The normalized spacial score (nSPS) is 15.2. The van der Waals surface area contributed by atoms with Crippen LogP contribution in [0.4, 0.5) is 11.4 Å². The van der Waals surface area contributed by atoms with Gasteiger partial charge in [0.2, 0.25) is 5.91 Å². The van der Waals surface area contributed by atoms with Crippen LogP contribution >= 0.6 is 11.8 Å². The van der Waals surface area contributed by atoms with E-state index in [1.807, 2.05) is 73.7 Å². The average molecular weight is 431 g/mol. The van der Waals surface area contributed by atoms with Gasteiger partial charge in [-0.05, 0) is 48.9 Å². The molecule has 1 aliphatic rings. The summed E-state index contributed by atoms with van der Waals surface area (Å²) in [7, 11) is 1.64. The molecule has 0 bridgehead atoms. The van der Waals surface area contributed by atoms with E-state index in [0.717, 1.165) is 33.4 Å². The number of methoxy groups -OCH3 is 1. The first-order valence-corrected chi connectivity index (χ1v) is 10.8. The first kappa shape index (κ1) is 20.8. The summed E-state index contributed by atoms with van der Waals surface area (Å²) in [5, 5.41) is 3.83. The molecule has 6 nitrogen and oxygen atoms in total. The SMILES string of the molecule is COc1ccc([C@@H]2C(C)=Nc3ccccc3N=C2NC(=O)CSc2ccccn2)cc1. The minimum Gasteiger partial charge on any atom is -0.497 e. The van der Waals surface area contributed by atoms with Gasteiger partial charge in [-0.3, -0.25) is 9.79 Å². The Kier molecular flexibility index (Phi) is 6.43. The summed E-state index contributed by atoms with van der Waals surface area (Å²) in [4.78, 5) is 26.6. The molecule has 7 heteroatoms. The van der Waals surface area contributed by atoms with Crippen molar-refractivity contribution in [1.82, 2.24) is 10.3 Å². The van der Waals surface area contributed by atoms with Crippen molar-refractivity contribution < 1.29 is 9.53 Å². The number of aliphatic imine (C=N–C) groups is 2. The molecule has 1 N–H and O–H groups in total. The second-order valence-corrected chi connectivity index (χ2v) is 7.95. The maximum absolute atomic E-state index is 12.8. The highest BCUT2D eigenvalue weighted by atomic mass is 32.2. The molecule has 4 rings (SSSR count). The highest BCUT2D eigenvalue weighted by Gasteiger charge is 2.26. The van der Waals surface area contributed by atoms with Gasteiger partial charge in [-0.2, -0.15) is 0 Å². The Morgan fingerprint density at radius 2 is 1.71 bits per heavy atom. The predicted octanol–water partition coefficient (Wildman–Crippen LogP) is 4.92. The van der Waals surface area contributed by atoms with Crippen molar-refractivity contribution in [2.75, 3.05) is 12.9 Å². The molecule has 31 heavy (non-hydrogen) atoms. The molecule has 0 saturated carbocycles. The van der Waals surface area contributed by atoms with Gasteiger partial charge in [-0.25, -0.2) is 9.98 Å². The Morgan fingerprint density at radius 3 is 2.39 bits per heavy atom. The molecule has 0 radical (unpaired) electrons. The van der Waals surface area contributed by atoms with Crippen LogP contribution in [0.3, 0.4) is 0 Å². The van der Waals surface area contributed by atoms with E-state index in [2.05, 4.69) is 10.3 Å². The molecule has 1 atom stereocenters. The topological polar surface area (TPSA) is 75.9 Å². The molecular weight excluding hydrogens is 408 g/mol. The van der Waals surface area contributed by atoms with E-state index in [0.29, 0.717) is 5.84 Å². The van der Waals surface area contributed by atoms with Gasteiger partial charge in [0.25, 0.3) is 0 Å². The molecule has 1 aromatic heterocycles. The fraction of sp³-hybridized carbons (Fsp3) is 0.167. The summed E-state index contributed by atoms with van der Waals surface area (Å²) in [6.45, 7) is 1.96. The van der Waals surface area contributed by atoms with E-state index in [-0.39, 0.29) is 17.6 Å². The van der Waals surface area contributed by atoms with Crippen molar-refractivity contribution >= 4 is 40.6 Å². The molecule has 0 unspecified atom stereocenters. The van der Waals surface area contributed by atoms with Crippen molar-refractivity contribution in [3.63, 3.8) is 0 Å². The van der Waals surface area contributed by atoms with Crippen molar-refractivity contribution in [1.29, 1.82) is 0 Å². The highest BCUT2D eigenvalue weighted by molar-refractivity contribution is 7.99. The zero-order chi connectivity index (χ0) is 21.6. The zero-order valence-corrected chi connectivity index (χ0v) is 18.1. The lowest BCUT2D eigenvalue weighted by Gasteiger charge is -2.19. The van der Waals surface area contributed by atoms with E-state index in [4.69, 9.17) is 14.7 Å². The number of aromatic nitrogens is 1. The van der Waals surface area contributed by atoms with Gasteiger partial charge >= 0.3 is 0 Å². The first-order chi connectivity index (χ1) is 15.1. The summed E-state index contributed by atoms with van der Waals surface area (Å²) in [6.07, 6.45) is 1.71. The van der Waals surface area contributed by atoms with E-state index < -0.39 is 0 Å². The van der Waals surface area contributed by atoms with Crippen LogP contribution in [-0.2, 0) is 4.79 Å². The molecule has 156 valence electrons. The fourth-order valence-corrected chi connectivity index (χ4v) is 4.01. The van der Waals surface area contributed by atoms with Crippen molar-refractivity contribution in [3.8, 4) is 5.75 Å². The molecule has 2 aromatic carbocycles. The number of hydrogen-bond acceptors (Lipinski definition) is 6. The lowest BCUT2D eigenvalue weighted by Crippen LogP contribution is -2.38. The van der Waals surface area contributed by atoms with E-state index in [1.54, 1.807) is 13.3 Å². The minimum atomic E-state index is -0.276. The number of carbonyl (C=O) groups excluding carboxylic acids is 1. The number of para-hydroxylation sites is 2.